The summed E-state index contributed by atoms with van der Waals surface area (Å²) in [6.45, 7) is 8.17. The molecular weight excluding hydrogens is 584 g/mol. The maximum absolute atomic E-state index is 11.8. The van der Waals surface area contributed by atoms with E-state index in [2.05, 4.69) is 10.6 Å². The molecule has 0 aliphatic carbocycles. The Hall–Kier alpha value is -2.54. The van der Waals surface area contributed by atoms with Crippen molar-refractivity contribution in [2.24, 2.45) is 5.73 Å². The highest BCUT2D eigenvalue weighted by Crippen LogP contribution is 2.03. The average Bonchev–Trinajstić information content (AvgIpc) is 3.34. The van der Waals surface area contributed by atoms with E-state index in [1.165, 1.54) is 12.2 Å². The average molecular weight is 635 g/mol. The van der Waals surface area contributed by atoms with Crippen molar-refractivity contribution in [3.63, 3.8) is 0 Å². The first-order valence-corrected chi connectivity index (χ1v) is 14.9. The molecular formula is C28H50N4O12. The monoisotopic (exact) mass is 634 g/mol. The van der Waals surface area contributed by atoms with Crippen LogP contribution in [0.15, 0.2) is 12.2 Å². The van der Waals surface area contributed by atoms with Crippen LogP contribution in [-0.4, -0.2) is 160 Å². The Morgan fingerprint density at radius 1 is 0.523 bits per heavy atom. The Morgan fingerprint density at radius 2 is 0.864 bits per heavy atom. The summed E-state index contributed by atoms with van der Waals surface area (Å²) in [7, 11) is 0. The quantitative estimate of drug-likeness (QED) is 0.0544. The van der Waals surface area contributed by atoms with Crippen molar-refractivity contribution in [2.75, 3.05) is 132 Å². The zero-order chi connectivity index (χ0) is 31.9. The molecule has 254 valence electrons. The SMILES string of the molecule is NCCNC(=O)CCOCCOCCOCCOCCOCCOCCOCCOCCNC(=O)CCN1C(=O)C=CC1=O. The highest BCUT2D eigenvalue weighted by atomic mass is 16.6. The normalized spacial score (nSPS) is 12.8. The second kappa shape index (κ2) is 29.2. The van der Waals surface area contributed by atoms with Crippen LogP contribution < -0.4 is 16.4 Å². The summed E-state index contributed by atoms with van der Waals surface area (Å²) in [5, 5.41) is 5.34. The van der Waals surface area contributed by atoms with Gasteiger partial charge in [-0.1, -0.05) is 0 Å². The molecule has 0 bridgehead atoms. The first-order valence-electron chi connectivity index (χ1n) is 14.9. The fourth-order valence-corrected chi connectivity index (χ4v) is 3.32. The van der Waals surface area contributed by atoms with Gasteiger partial charge in [-0.25, -0.2) is 0 Å². The van der Waals surface area contributed by atoms with E-state index >= 15 is 0 Å². The van der Waals surface area contributed by atoms with Gasteiger partial charge in [-0.05, 0) is 0 Å². The zero-order valence-corrected chi connectivity index (χ0v) is 25.6. The molecule has 4 N–H and O–H groups in total. The smallest absolute Gasteiger partial charge is 0.253 e. The van der Waals surface area contributed by atoms with Gasteiger partial charge < -0.3 is 54.3 Å². The summed E-state index contributed by atoms with van der Waals surface area (Å²) in [4.78, 5) is 47.0. The maximum atomic E-state index is 11.8. The molecule has 0 spiro atoms. The summed E-state index contributed by atoms with van der Waals surface area (Å²) in [5.74, 6) is -1.13. The van der Waals surface area contributed by atoms with Crippen LogP contribution in [0.25, 0.3) is 0 Å². The van der Waals surface area contributed by atoms with Gasteiger partial charge in [-0.3, -0.25) is 24.1 Å². The summed E-state index contributed by atoms with van der Waals surface area (Å²) < 4.78 is 43.2. The molecule has 16 heteroatoms. The second-order valence-electron chi connectivity index (χ2n) is 9.05. The number of carbonyl (C=O) groups excluding carboxylic acids is 4. The Morgan fingerprint density at radius 3 is 1.27 bits per heavy atom. The highest BCUT2D eigenvalue weighted by Gasteiger charge is 2.23. The summed E-state index contributed by atoms with van der Waals surface area (Å²) in [6, 6.07) is 0. The maximum Gasteiger partial charge on any atom is 0.253 e. The molecule has 0 atom stereocenters. The third-order valence-corrected chi connectivity index (χ3v) is 5.58. The van der Waals surface area contributed by atoms with Crippen molar-refractivity contribution in [1.82, 2.24) is 15.5 Å². The van der Waals surface area contributed by atoms with E-state index in [-0.39, 0.29) is 24.8 Å². The van der Waals surface area contributed by atoms with E-state index in [1.807, 2.05) is 0 Å². The van der Waals surface area contributed by atoms with E-state index in [9.17, 15) is 19.2 Å². The van der Waals surface area contributed by atoms with Crippen molar-refractivity contribution >= 4 is 23.6 Å². The molecule has 1 rings (SSSR count). The van der Waals surface area contributed by atoms with Crippen molar-refractivity contribution in [2.45, 2.75) is 12.8 Å². The minimum absolute atomic E-state index is 0.0507. The van der Waals surface area contributed by atoms with Crippen LogP contribution in [0.2, 0.25) is 0 Å². The van der Waals surface area contributed by atoms with Crippen LogP contribution in [-0.2, 0) is 57.1 Å². The van der Waals surface area contributed by atoms with E-state index < -0.39 is 11.8 Å². The van der Waals surface area contributed by atoms with Gasteiger partial charge in [0.05, 0.1) is 106 Å². The predicted molar refractivity (Wildman–Crippen MR) is 157 cm³/mol. The summed E-state index contributed by atoms with van der Waals surface area (Å²) in [5.41, 5.74) is 5.31. The van der Waals surface area contributed by atoms with Gasteiger partial charge in [0.2, 0.25) is 11.8 Å². The molecule has 0 saturated heterocycles. The first kappa shape index (κ1) is 39.5. The molecule has 1 heterocycles. The number of imide groups is 1. The van der Waals surface area contributed by atoms with Gasteiger partial charge in [-0.15, -0.1) is 0 Å². The molecule has 0 aromatic heterocycles. The number of carbonyl (C=O) groups is 4. The van der Waals surface area contributed by atoms with Crippen LogP contribution in [0.3, 0.4) is 0 Å². The number of nitrogens with one attached hydrogen (secondary N) is 2. The minimum Gasteiger partial charge on any atom is -0.379 e. The van der Waals surface area contributed by atoms with E-state index in [0.717, 1.165) is 4.90 Å². The molecule has 0 radical (unpaired) electrons. The van der Waals surface area contributed by atoms with Crippen LogP contribution in [0, 0.1) is 0 Å². The van der Waals surface area contributed by atoms with Gasteiger partial charge in [0, 0.05) is 51.2 Å². The molecule has 0 saturated carbocycles. The molecule has 1 aliphatic rings. The fourth-order valence-electron chi connectivity index (χ4n) is 3.32. The number of rotatable bonds is 32. The molecule has 1 aliphatic heterocycles. The number of nitrogens with zero attached hydrogens (tertiary/aromatic N) is 1. The van der Waals surface area contributed by atoms with Crippen LogP contribution in [0.1, 0.15) is 12.8 Å². The molecule has 16 nitrogen and oxygen atoms in total. The lowest BCUT2D eigenvalue weighted by atomic mass is 10.3. The van der Waals surface area contributed by atoms with Gasteiger partial charge >= 0.3 is 0 Å². The van der Waals surface area contributed by atoms with Crippen molar-refractivity contribution in [3.8, 4) is 0 Å². The van der Waals surface area contributed by atoms with Gasteiger partial charge in [0.15, 0.2) is 0 Å². The van der Waals surface area contributed by atoms with Crippen molar-refractivity contribution in [3.05, 3.63) is 12.2 Å². The predicted octanol–water partition coefficient (Wildman–Crippen LogP) is -1.98. The lowest BCUT2D eigenvalue weighted by Gasteiger charge is -2.13. The van der Waals surface area contributed by atoms with Crippen molar-refractivity contribution < 1.29 is 57.1 Å². The molecule has 0 unspecified atom stereocenters. The number of amides is 4. The van der Waals surface area contributed by atoms with Crippen LogP contribution >= 0.6 is 0 Å². The largest absolute Gasteiger partial charge is 0.379 e. The number of nitrogens with two attached hydrogens (primary N) is 1. The minimum atomic E-state index is -0.399. The van der Waals surface area contributed by atoms with Crippen LogP contribution in [0.4, 0.5) is 0 Å². The van der Waals surface area contributed by atoms with E-state index in [4.69, 9.17) is 43.6 Å². The third kappa shape index (κ3) is 23.9. The second-order valence-corrected chi connectivity index (χ2v) is 9.05. The fraction of sp³-hybridized carbons (Fsp3) is 0.786. The number of hydrogen-bond donors (Lipinski definition) is 3. The van der Waals surface area contributed by atoms with Crippen LogP contribution in [0.5, 0.6) is 0 Å². The van der Waals surface area contributed by atoms with E-state index in [0.29, 0.717) is 132 Å². The summed E-state index contributed by atoms with van der Waals surface area (Å²) >= 11 is 0. The topological polar surface area (TPSA) is 195 Å². The Balaban J connectivity index is 1.68. The van der Waals surface area contributed by atoms with Gasteiger partial charge in [-0.2, -0.15) is 0 Å². The Kier molecular flexibility index (Phi) is 26.2. The van der Waals surface area contributed by atoms with Gasteiger partial charge in [0.1, 0.15) is 0 Å². The number of ether oxygens (including phenoxy) is 8. The Labute approximate surface area is 259 Å². The Bertz CT molecular complexity index is 785. The molecule has 44 heavy (non-hydrogen) atoms. The highest BCUT2D eigenvalue weighted by molar-refractivity contribution is 6.13. The third-order valence-electron chi connectivity index (χ3n) is 5.58. The lowest BCUT2D eigenvalue weighted by molar-refractivity contribution is -0.137. The first-order chi connectivity index (χ1) is 21.5. The number of hydrogen-bond acceptors (Lipinski definition) is 13. The van der Waals surface area contributed by atoms with E-state index in [1.54, 1.807) is 0 Å². The molecule has 0 fully saturated rings. The zero-order valence-electron chi connectivity index (χ0n) is 25.6. The molecule has 4 amide bonds. The molecule has 0 aromatic rings. The summed E-state index contributed by atoms with van der Waals surface area (Å²) in [6.07, 6.45) is 2.74. The standard InChI is InChI=1S/C28H50N4O12/c29-5-6-30-26(34)4-9-37-11-13-39-15-17-41-19-21-43-23-24-44-22-20-42-18-16-40-14-12-38-10-7-31-25(33)3-8-32-27(35)1-2-28(32)36/h1-2H,3-24,29H2,(H,30,34)(H,31,33). The van der Waals surface area contributed by atoms with Crippen molar-refractivity contribution in [1.29, 1.82) is 0 Å². The molecule has 0 aromatic carbocycles. The van der Waals surface area contributed by atoms with Gasteiger partial charge in [0.25, 0.3) is 11.8 Å². The lowest BCUT2D eigenvalue weighted by Crippen LogP contribution is -2.35.